The molecule has 0 aliphatic carbocycles. The maximum absolute atomic E-state index is 12.3. The molecule has 2 heterocycles. The summed E-state index contributed by atoms with van der Waals surface area (Å²) in [5.74, 6) is 0.694. The van der Waals surface area contributed by atoms with Gasteiger partial charge in [0.1, 0.15) is 0 Å². The molecule has 1 saturated heterocycles. The van der Waals surface area contributed by atoms with Crippen LogP contribution in [0.25, 0.3) is 0 Å². The van der Waals surface area contributed by atoms with Gasteiger partial charge in [0, 0.05) is 18.2 Å². The second kappa shape index (κ2) is 6.58. The van der Waals surface area contributed by atoms with E-state index in [2.05, 4.69) is 17.6 Å². The van der Waals surface area contributed by atoms with E-state index < -0.39 is 0 Å². The summed E-state index contributed by atoms with van der Waals surface area (Å²) in [6.45, 7) is 5.30. The number of rotatable bonds is 4. The summed E-state index contributed by atoms with van der Waals surface area (Å²) < 4.78 is 5.39. The molecular formula is C17H24N2O2. The fourth-order valence-corrected chi connectivity index (χ4v) is 3.37. The highest BCUT2D eigenvalue weighted by molar-refractivity contribution is 5.94. The van der Waals surface area contributed by atoms with Gasteiger partial charge in [-0.15, -0.1) is 0 Å². The van der Waals surface area contributed by atoms with Gasteiger partial charge < -0.3 is 15.4 Å². The quantitative estimate of drug-likeness (QED) is 0.893. The van der Waals surface area contributed by atoms with Crippen molar-refractivity contribution >= 4 is 5.91 Å². The molecule has 114 valence electrons. The van der Waals surface area contributed by atoms with Crippen LogP contribution in [-0.2, 0) is 18.0 Å². The maximum atomic E-state index is 12.3. The van der Waals surface area contributed by atoms with Crippen LogP contribution >= 0.6 is 0 Å². The molecule has 0 aromatic heterocycles. The Hall–Kier alpha value is -1.39. The van der Waals surface area contributed by atoms with E-state index in [0.29, 0.717) is 31.7 Å². The number of piperidine rings is 1. The smallest absolute Gasteiger partial charge is 0.251 e. The summed E-state index contributed by atoms with van der Waals surface area (Å²) in [4.78, 5) is 12.3. The van der Waals surface area contributed by atoms with Crippen molar-refractivity contribution < 1.29 is 9.53 Å². The average molecular weight is 288 g/mol. The minimum absolute atomic E-state index is 0.0203. The Labute approximate surface area is 126 Å². The Morgan fingerprint density at radius 2 is 2.24 bits per heavy atom. The van der Waals surface area contributed by atoms with Gasteiger partial charge in [-0.05, 0) is 48.6 Å². The van der Waals surface area contributed by atoms with Crippen molar-refractivity contribution in [3.05, 3.63) is 34.9 Å². The standard InChI is InChI=1S/C17H24N2O2/c1-2-12-4-3-7-18-16(12)9-19-17(20)13-5-6-14-10-21-11-15(14)8-13/h5-6,8,12,16,18H,2-4,7,9-11H2,1H3,(H,19,20). The number of carbonyl (C=O) groups excluding carboxylic acids is 1. The van der Waals surface area contributed by atoms with Crippen molar-refractivity contribution in [3.63, 3.8) is 0 Å². The van der Waals surface area contributed by atoms with E-state index >= 15 is 0 Å². The monoisotopic (exact) mass is 288 g/mol. The van der Waals surface area contributed by atoms with Gasteiger partial charge in [-0.1, -0.05) is 19.4 Å². The second-order valence-electron chi connectivity index (χ2n) is 6.06. The Morgan fingerprint density at radius 1 is 1.38 bits per heavy atom. The molecule has 0 bridgehead atoms. The lowest BCUT2D eigenvalue weighted by molar-refractivity contribution is 0.0942. The summed E-state index contributed by atoms with van der Waals surface area (Å²) >= 11 is 0. The highest BCUT2D eigenvalue weighted by Gasteiger charge is 2.23. The van der Waals surface area contributed by atoms with Crippen LogP contribution < -0.4 is 10.6 Å². The minimum Gasteiger partial charge on any atom is -0.372 e. The van der Waals surface area contributed by atoms with Crippen LogP contribution in [-0.4, -0.2) is 25.0 Å². The number of fused-ring (bicyclic) bond motifs is 1. The van der Waals surface area contributed by atoms with Gasteiger partial charge in [0.2, 0.25) is 0 Å². The summed E-state index contributed by atoms with van der Waals surface area (Å²) in [7, 11) is 0. The molecule has 1 aromatic carbocycles. The zero-order valence-electron chi connectivity index (χ0n) is 12.7. The predicted molar refractivity (Wildman–Crippen MR) is 82.1 cm³/mol. The average Bonchev–Trinajstić information content (AvgIpc) is 3.00. The van der Waals surface area contributed by atoms with E-state index in [-0.39, 0.29) is 5.91 Å². The third kappa shape index (κ3) is 3.27. The Morgan fingerprint density at radius 3 is 3.10 bits per heavy atom. The fraction of sp³-hybridized carbons (Fsp3) is 0.588. The number of nitrogens with one attached hydrogen (secondary N) is 2. The van der Waals surface area contributed by atoms with E-state index in [9.17, 15) is 4.79 Å². The molecule has 2 aliphatic rings. The maximum Gasteiger partial charge on any atom is 0.251 e. The first-order chi connectivity index (χ1) is 10.3. The minimum atomic E-state index is 0.0203. The van der Waals surface area contributed by atoms with Gasteiger partial charge in [0.05, 0.1) is 13.2 Å². The van der Waals surface area contributed by atoms with Crippen LogP contribution in [0, 0.1) is 5.92 Å². The number of ether oxygens (including phenoxy) is 1. The lowest BCUT2D eigenvalue weighted by Crippen LogP contribution is -2.48. The van der Waals surface area contributed by atoms with E-state index in [1.807, 2.05) is 18.2 Å². The van der Waals surface area contributed by atoms with Crippen LogP contribution in [0.1, 0.15) is 47.7 Å². The molecular weight excluding hydrogens is 264 g/mol. The zero-order chi connectivity index (χ0) is 14.7. The zero-order valence-corrected chi connectivity index (χ0v) is 12.7. The van der Waals surface area contributed by atoms with Crippen LogP contribution in [0.15, 0.2) is 18.2 Å². The summed E-state index contributed by atoms with van der Waals surface area (Å²) in [6.07, 6.45) is 3.68. The van der Waals surface area contributed by atoms with Crippen molar-refractivity contribution in [1.82, 2.24) is 10.6 Å². The number of hydrogen-bond acceptors (Lipinski definition) is 3. The molecule has 0 saturated carbocycles. The van der Waals surface area contributed by atoms with Gasteiger partial charge in [0.25, 0.3) is 5.91 Å². The van der Waals surface area contributed by atoms with E-state index in [1.54, 1.807) is 0 Å². The van der Waals surface area contributed by atoms with Gasteiger partial charge >= 0.3 is 0 Å². The molecule has 2 aliphatic heterocycles. The van der Waals surface area contributed by atoms with E-state index in [1.165, 1.54) is 24.8 Å². The summed E-state index contributed by atoms with van der Waals surface area (Å²) in [5.41, 5.74) is 3.08. The molecule has 1 aromatic rings. The van der Waals surface area contributed by atoms with Gasteiger partial charge in [-0.25, -0.2) is 0 Å². The molecule has 0 radical (unpaired) electrons. The Balaban J connectivity index is 1.58. The van der Waals surface area contributed by atoms with Crippen molar-refractivity contribution in [2.75, 3.05) is 13.1 Å². The first kappa shape index (κ1) is 14.5. The Kier molecular flexibility index (Phi) is 4.56. The highest BCUT2D eigenvalue weighted by Crippen LogP contribution is 2.21. The molecule has 0 spiro atoms. The third-order valence-corrected chi connectivity index (χ3v) is 4.72. The third-order valence-electron chi connectivity index (χ3n) is 4.72. The second-order valence-corrected chi connectivity index (χ2v) is 6.06. The number of hydrogen-bond donors (Lipinski definition) is 2. The van der Waals surface area contributed by atoms with Gasteiger partial charge in [-0.2, -0.15) is 0 Å². The SMILES string of the molecule is CCC1CCCNC1CNC(=O)c1ccc2c(c1)COC2. The van der Waals surface area contributed by atoms with Crippen molar-refractivity contribution in [2.24, 2.45) is 5.92 Å². The first-order valence-electron chi connectivity index (χ1n) is 7.99. The Bertz CT molecular complexity index is 516. The molecule has 2 unspecified atom stereocenters. The molecule has 2 N–H and O–H groups in total. The molecule has 4 heteroatoms. The van der Waals surface area contributed by atoms with E-state index in [0.717, 1.165) is 17.7 Å². The first-order valence-corrected chi connectivity index (χ1v) is 7.99. The van der Waals surface area contributed by atoms with E-state index in [4.69, 9.17) is 4.74 Å². The van der Waals surface area contributed by atoms with Crippen LogP contribution in [0.4, 0.5) is 0 Å². The molecule has 4 nitrogen and oxygen atoms in total. The molecule has 3 rings (SSSR count). The van der Waals surface area contributed by atoms with Crippen molar-refractivity contribution in [3.8, 4) is 0 Å². The molecule has 21 heavy (non-hydrogen) atoms. The van der Waals surface area contributed by atoms with Crippen LogP contribution in [0.5, 0.6) is 0 Å². The number of carbonyl (C=O) groups is 1. The molecule has 1 amide bonds. The largest absolute Gasteiger partial charge is 0.372 e. The fourth-order valence-electron chi connectivity index (χ4n) is 3.37. The topological polar surface area (TPSA) is 50.4 Å². The lowest BCUT2D eigenvalue weighted by atomic mass is 9.88. The van der Waals surface area contributed by atoms with Crippen molar-refractivity contribution in [1.29, 1.82) is 0 Å². The molecule has 1 fully saturated rings. The number of benzene rings is 1. The van der Waals surface area contributed by atoms with Gasteiger partial charge in [-0.3, -0.25) is 4.79 Å². The van der Waals surface area contributed by atoms with Gasteiger partial charge in [0.15, 0.2) is 0 Å². The lowest BCUT2D eigenvalue weighted by Gasteiger charge is -2.32. The van der Waals surface area contributed by atoms with Crippen LogP contribution in [0.3, 0.4) is 0 Å². The molecule has 2 atom stereocenters. The normalized spacial score (nSPS) is 24.6. The predicted octanol–water partition coefficient (Wildman–Crippen LogP) is 2.22. The number of amides is 1. The summed E-state index contributed by atoms with van der Waals surface area (Å²) in [5, 5.41) is 6.62. The summed E-state index contributed by atoms with van der Waals surface area (Å²) in [6, 6.07) is 6.27. The van der Waals surface area contributed by atoms with Crippen LogP contribution in [0.2, 0.25) is 0 Å². The highest BCUT2D eigenvalue weighted by atomic mass is 16.5. The van der Waals surface area contributed by atoms with Crippen molar-refractivity contribution in [2.45, 2.75) is 45.4 Å².